The molecule has 2 saturated heterocycles. The Morgan fingerprint density at radius 3 is 2.54 bits per heavy atom. The van der Waals surface area contributed by atoms with Crippen LogP contribution in [0.4, 0.5) is 14.5 Å². The highest BCUT2D eigenvalue weighted by Gasteiger charge is 2.42. The van der Waals surface area contributed by atoms with Crippen LogP contribution in [-0.2, 0) is 9.59 Å². The zero-order valence-corrected chi connectivity index (χ0v) is 14.5. The number of hydrogen-bond donors (Lipinski definition) is 1. The fourth-order valence-corrected chi connectivity index (χ4v) is 3.84. The molecule has 0 radical (unpaired) electrons. The van der Waals surface area contributed by atoms with Crippen LogP contribution in [0.1, 0.15) is 19.8 Å². The maximum absolute atomic E-state index is 12.9. The highest BCUT2D eigenvalue weighted by molar-refractivity contribution is 5.98. The summed E-state index contributed by atoms with van der Waals surface area (Å²) in [5, 5.41) is 9.30. The first-order valence-corrected chi connectivity index (χ1v) is 8.70. The number of carboxylic acid groups (broad SMARTS) is 1. The molecule has 1 N–H and O–H groups in total. The summed E-state index contributed by atoms with van der Waals surface area (Å²) in [6, 6.07) is 5.66. The number of hydrogen-bond acceptors (Lipinski definition) is 4. The Morgan fingerprint density at radius 1 is 1.27 bits per heavy atom. The third kappa shape index (κ3) is 3.80. The number of halogens is 2. The van der Waals surface area contributed by atoms with Crippen molar-refractivity contribution >= 4 is 17.6 Å². The molecule has 142 valence electrons. The van der Waals surface area contributed by atoms with Crippen molar-refractivity contribution in [3.05, 3.63) is 24.3 Å². The lowest BCUT2D eigenvalue weighted by atomic mass is 9.99. The number of anilines is 1. The molecule has 3 rings (SSSR count). The van der Waals surface area contributed by atoms with Crippen LogP contribution in [0.3, 0.4) is 0 Å². The standard InChI is InChI=1S/C18H22F2N2O4/c1-11-9-21(10-14(11)17(24)25)15-3-2-8-22(16(15)23)12-4-6-13(7-5-12)26-18(19)20/h4-7,11,14-15,18H,2-3,8-10H2,1H3,(H,24,25)/t11-,14-,15?/m1/s1. The monoisotopic (exact) mass is 368 g/mol. The molecule has 26 heavy (non-hydrogen) atoms. The van der Waals surface area contributed by atoms with E-state index in [1.54, 1.807) is 17.0 Å². The van der Waals surface area contributed by atoms with Crippen LogP contribution in [-0.4, -0.2) is 54.2 Å². The van der Waals surface area contributed by atoms with E-state index in [0.29, 0.717) is 31.7 Å². The topological polar surface area (TPSA) is 70.1 Å². The first-order valence-electron chi connectivity index (χ1n) is 8.70. The molecule has 0 aliphatic carbocycles. The van der Waals surface area contributed by atoms with E-state index in [1.807, 2.05) is 11.8 Å². The van der Waals surface area contributed by atoms with Gasteiger partial charge in [0, 0.05) is 25.3 Å². The lowest BCUT2D eigenvalue weighted by Crippen LogP contribution is -2.52. The summed E-state index contributed by atoms with van der Waals surface area (Å²) in [7, 11) is 0. The molecule has 0 aromatic heterocycles. The van der Waals surface area contributed by atoms with Gasteiger partial charge in [0.1, 0.15) is 5.75 Å². The van der Waals surface area contributed by atoms with E-state index in [-0.39, 0.29) is 23.6 Å². The summed E-state index contributed by atoms with van der Waals surface area (Å²) in [5.41, 5.74) is 0.628. The number of aliphatic carboxylic acids is 1. The second kappa shape index (κ2) is 7.57. The second-order valence-electron chi connectivity index (χ2n) is 6.90. The molecule has 2 aliphatic heterocycles. The minimum absolute atomic E-state index is 0.00135. The molecule has 1 unspecified atom stereocenters. The van der Waals surface area contributed by atoms with Crippen molar-refractivity contribution in [1.29, 1.82) is 0 Å². The third-order valence-electron chi connectivity index (χ3n) is 5.18. The molecule has 3 atom stereocenters. The van der Waals surface area contributed by atoms with Crippen molar-refractivity contribution < 1.29 is 28.2 Å². The van der Waals surface area contributed by atoms with Gasteiger partial charge >= 0.3 is 12.6 Å². The van der Waals surface area contributed by atoms with Gasteiger partial charge in [0.05, 0.1) is 12.0 Å². The minimum Gasteiger partial charge on any atom is -0.481 e. The van der Waals surface area contributed by atoms with Gasteiger partial charge < -0.3 is 14.7 Å². The van der Waals surface area contributed by atoms with Crippen molar-refractivity contribution in [3.63, 3.8) is 0 Å². The van der Waals surface area contributed by atoms with E-state index < -0.39 is 18.5 Å². The van der Waals surface area contributed by atoms with Crippen LogP contribution >= 0.6 is 0 Å². The van der Waals surface area contributed by atoms with E-state index in [0.717, 1.165) is 6.42 Å². The van der Waals surface area contributed by atoms with Crippen molar-refractivity contribution in [3.8, 4) is 5.75 Å². The summed E-state index contributed by atoms with van der Waals surface area (Å²) >= 11 is 0. The van der Waals surface area contributed by atoms with Gasteiger partial charge in [0.25, 0.3) is 0 Å². The number of benzene rings is 1. The molecular formula is C18H22F2N2O4. The average Bonchev–Trinajstić information content (AvgIpc) is 2.97. The van der Waals surface area contributed by atoms with Gasteiger partial charge in [-0.05, 0) is 43.0 Å². The first kappa shape index (κ1) is 18.6. The fourth-order valence-electron chi connectivity index (χ4n) is 3.84. The Morgan fingerprint density at radius 2 is 1.96 bits per heavy atom. The summed E-state index contributed by atoms with van der Waals surface area (Å²) in [4.78, 5) is 27.9. The summed E-state index contributed by atoms with van der Waals surface area (Å²) in [5.74, 6) is -1.31. The predicted molar refractivity (Wildman–Crippen MR) is 90.3 cm³/mol. The van der Waals surface area contributed by atoms with Crippen LogP contribution in [0.25, 0.3) is 0 Å². The molecule has 2 heterocycles. The van der Waals surface area contributed by atoms with Crippen molar-refractivity contribution in [2.24, 2.45) is 11.8 Å². The highest BCUT2D eigenvalue weighted by atomic mass is 19.3. The van der Waals surface area contributed by atoms with Gasteiger partial charge in [-0.15, -0.1) is 0 Å². The SMILES string of the molecule is C[C@@H]1CN(C2CCCN(c3ccc(OC(F)F)cc3)C2=O)C[C@H]1C(=O)O. The molecule has 6 nitrogen and oxygen atoms in total. The van der Waals surface area contributed by atoms with Crippen LogP contribution < -0.4 is 9.64 Å². The maximum Gasteiger partial charge on any atom is 0.387 e. The zero-order chi connectivity index (χ0) is 18.8. The number of piperidine rings is 1. The largest absolute Gasteiger partial charge is 0.481 e. The van der Waals surface area contributed by atoms with Gasteiger partial charge in [0.15, 0.2) is 0 Å². The number of carbonyl (C=O) groups excluding carboxylic acids is 1. The van der Waals surface area contributed by atoms with Crippen molar-refractivity contribution in [2.75, 3.05) is 24.5 Å². The zero-order valence-electron chi connectivity index (χ0n) is 14.5. The van der Waals surface area contributed by atoms with Crippen LogP contribution in [0.2, 0.25) is 0 Å². The van der Waals surface area contributed by atoms with E-state index >= 15 is 0 Å². The number of nitrogens with zero attached hydrogens (tertiary/aromatic N) is 2. The van der Waals surface area contributed by atoms with Gasteiger partial charge in [-0.1, -0.05) is 6.92 Å². The molecule has 1 aromatic carbocycles. The molecule has 1 amide bonds. The number of carbonyl (C=O) groups is 2. The molecule has 1 aromatic rings. The van der Waals surface area contributed by atoms with Gasteiger partial charge in [-0.3, -0.25) is 14.5 Å². The lowest BCUT2D eigenvalue weighted by molar-refractivity contribution is -0.142. The smallest absolute Gasteiger partial charge is 0.387 e. The molecule has 0 bridgehead atoms. The molecule has 2 aliphatic rings. The van der Waals surface area contributed by atoms with Crippen molar-refractivity contribution in [1.82, 2.24) is 4.90 Å². The highest BCUT2D eigenvalue weighted by Crippen LogP contribution is 2.31. The molecule has 2 fully saturated rings. The van der Waals surface area contributed by atoms with Crippen molar-refractivity contribution in [2.45, 2.75) is 32.4 Å². The Bertz CT molecular complexity index is 668. The number of amides is 1. The predicted octanol–water partition coefficient (Wildman–Crippen LogP) is 2.44. The number of alkyl halides is 2. The Labute approximate surface area is 150 Å². The minimum atomic E-state index is -2.89. The van der Waals surface area contributed by atoms with Crippen LogP contribution in [0.5, 0.6) is 5.75 Å². The summed E-state index contributed by atoms with van der Waals surface area (Å²) in [6.07, 6.45) is 1.50. The number of rotatable bonds is 5. The number of ether oxygens (including phenoxy) is 1. The Balaban J connectivity index is 1.71. The maximum atomic E-state index is 12.9. The number of carboxylic acids is 1. The van der Waals surface area contributed by atoms with E-state index in [9.17, 15) is 23.5 Å². The first-order chi connectivity index (χ1) is 12.4. The molecule has 0 saturated carbocycles. The molecular weight excluding hydrogens is 346 g/mol. The van der Waals surface area contributed by atoms with Gasteiger partial charge in [-0.25, -0.2) is 0 Å². The summed E-state index contributed by atoms with van der Waals surface area (Å²) in [6.45, 7) is 0.521. The summed E-state index contributed by atoms with van der Waals surface area (Å²) < 4.78 is 28.8. The number of likely N-dealkylation sites (tertiary alicyclic amines) is 1. The quantitative estimate of drug-likeness (QED) is 0.865. The van der Waals surface area contributed by atoms with E-state index in [2.05, 4.69) is 4.74 Å². The Kier molecular flexibility index (Phi) is 5.41. The molecule has 0 spiro atoms. The normalized spacial score (nSPS) is 27.2. The van der Waals surface area contributed by atoms with E-state index in [1.165, 1.54) is 12.1 Å². The lowest BCUT2D eigenvalue weighted by Gasteiger charge is -2.37. The van der Waals surface area contributed by atoms with E-state index in [4.69, 9.17) is 0 Å². The molecule has 8 heteroatoms. The Hall–Kier alpha value is -2.22. The third-order valence-corrected chi connectivity index (χ3v) is 5.18. The van der Waals surface area contributed by atoms with Gasteiger partial charge in [-0.2, -0.15) is 8.78 Å². The second-order valence-corrected chi connectivity index (χ2v) is 6.90. The van der Waals surface area contributed by atoms with Crippen LogP contribution in [0, 0.1) is 11.8 Å². The fraction of sp³-hybridized carbons (Fsp3) is 0.556. The average molecular weight is 368 g/mol. The van der Waals surface area contributed by atoms with Crippen LogP contribution in [0.15, 0.2) is 24.3 Å². The van der Waals surface area contributed by atoms with Gasteiger partial charge in [0.2, 0.25) is 5.91 Å².